The van der Waals surface area contributed by atoms with E-state index in [1.165, 1.54) is 16.5 Å². The summed E-state index contributed by atoms with van der Waals surface area (Å²) in [5, 5.41) is 1.25. The first-order valence-electron chi connectivity index (χ1n) is 4.01. The molecule has 2 rings (SSSR count). The van der Waals surface area contributed by atoms with Gasteiger partial charge in [0.05, 0.1) is 0 Å². The zero-order valence-electron chi connectivity index (χ0n) is 7.09. The van der Waals surface area contributed by atoms with Gasteiger partial charge in [0.1, 0.15) is 0 Å². The Balaban J connectivity index is 2.79. The van der Waals surface area contributed by atoms with Crippen molar-refractivity contribution in [1.29, 1.82) is 0 Å². The van der Waals surface area contributed by atoms with Gasteiger partial charge < -0.3 is 4.98 Å². The summed E-state index contributed by atoms with van der Waals surface area (Å²) in [6.07, 6.45) is 2.01. The highest BCUT2D eigenvalue weighted by Crippen LogP contribution is 2.22. The third-order valence-corrected chi connectivity index (χ3v) is 2.05. The molecule has 12 heavy (non-hydrogen) atoms. The molecule has 0 amide bonds. The first-order valence-corrected chi connectivity index (χ1v) is 4.01. The molecule has 1 heterocycles. The Morgan fingerprint density at radius 2 is 2.08 bits per heavy atom. The fourth-order valence-corrected chi connectivity index (χ4v) is 1.42. The summed E-state index contributed by atoms with van der Waals surface area (Å²) in [6.45, 7) is 5.95. The van der Waals surface area contributed by atoms with E-state index < -0.39 is 0 Å². The smallest absolute Gasteiger partial charge is 0.0460 e. The molecule has 1 heteroatoms. The van der Waals surface area contributed by atoms with Gasteiger partial charge in [-0.25, -0.2) is 0 Å². The largest absolute Gasteiger partial charge is 0.361 e. The number of aromatic nitrogens is 1. The highest BCUT2D eigenvalue weighted by Gasteiger charge is 2.01. The quantitative estimate of drug-likeness (QED) is 0.654. The molecule has 0 saturated carbocycles. The number of hydrogen-bond acceptors (Lipinski definition) is 0. The van der Waals surface area contributed by atoms with E-state index in [1.807, 2.05) is 25.3 Å². The zero-order valence-corrected chi connectivity index (χ0v) is 7.09. The molecular formula is C11H11N. The SMILES string of the molecule is C=C(C)c1c[nH]c2ccccc12. The molecule has 0 unspecified atom stereocenters. The zero-order chi connectivity index (χ0) is 8.55. The van der Waals surface area contributed by atoms with Crippen molar-refractivity contribution in [2.24, 2.45) is 0 Å². The Bertz CT molecular complexity index is 423. The van der Waals surface area contributed by atoms with E-state index in [-0.39, 0.29) is 0 Å². The molecule has 1 nitrogen and oxygen atoms in total. The minimum atomic E-state index is 1.10. The van der Waals surface area contributed by atoms with E-state index in [0.717, 1.165) is 5.57 Å². The highest BCUT2D eigenvalue weighted by molar-refractivity contribution is 5.91. The minimum absolute atomic E-state index is 1.10. The monoisotopic (exact) mass is 157 g/mol. The third-order valence-electron chi connectivity index (χ3n) is 2.05. The molecule has 0 aliphatic heterocycles. The number of allylic oxidation sites excluding steroid dienone is 1. The second kappa shape index (κ2) is 2.52. The lowest BCUT2D eigenvalue weighted by molar-refractivity contribution is 1.46. The molecule has 2 aromatic rings. The van der Waals surface area contributed by atoms with Crippen LogP contribution in [0.1, 0.15) is 12.5 Å². The molecule has 0 bridgehead atoms. The Morgan fingerprint density at radius 3 is 2.83 bits per heavy atom. The van der Waals surface area contributed by atoms with Crippen molar-refractivity contribution in [2.75, 3.05) is 0 Å². The maximum absolute atomic E-state index is 3.93. The second-order valence-corrected chi connectivity index (χ2v) is 3.03. The molecular weight excluding hydrogens is 146 g/mol. The van der Waals surface area contributed by atoms with Gasteiger partial charge in [0.2, 0.25) is 0 Å². The number of fused-ring (bicyclic) bond motifs is 1. The summed E-state index contributed by atoms with van der Waals surface area (Å²) < 4.78 is 0. The molecule has 0 aliphatic rings. The van der Waals surface area contributed by atoms with E-state index >= 15 is 0 Å². The van der Waals surface area contributed by atoms with Crippen LogP contribution in [0.5, 0.6) is 0 Å². The number of hydrogen-bond donors (Lipinski definition) is 1. The fraction of sp³-hybridized carbons (Fsp3) is 0.0909. The first-order chi connectivity index (χ1) is 5.79. The van der Waals surface area contributed by atoms with Gasteiger partial charge in [-0.3, -0.25) is 0 Å². The van der Waals surface area contributed by atoms with Crippen molar-refractivity contribution in [1.82, 2.24) is 4.98 Å². The maximum atomic E-state index is 3.93. The number of aromatic amines is 1. The molecule has 1 N–H and O–H groups in total. The lowest BCUT2D eigenvalue weighted by atomic mass is 10.1. The van der Waals surface area contributed by atoms with Gasteiger partial charge in [0, 0.05) is 22.7 Å². The fourth-order valence-electron chi connectivity index (χ4n) is 1.42. The van der Waals surface area contributed by atoms with Crippen LogP contribution in [0.4, 0.5) is 0 Å². The predicted molar refractivity (Wildman–Crippen MR) is 53.0 cm³/mol. The van der Waals surface area contributed by atoms with Gasteiger partial charge in [0.25, 0.3) is 0 Å². The average molecular weight is 157 g/mol. The minimum Gasteiger partial charge on any atom is -0.361 e. The molecule has 1 aromatic heterocycles. The lowest BCUT2D eigenvalue weighted by Crippen LogP contribution is -1.71. The standard InChI is InChI=1S/C11H11N/c1-8(2)10-7-12-11-6-4-3-5-9(10)11/h3-7,12H,1H2,2H3. The first kappa shape index (κ1) is 7.17. The maximum Gasteiger partial charge on any atom is 0.0460 e. The Kier molecular flexibility index (Phi) is 1.51. The van der Waals surface area contributed by atoms with Crippen LogP contribution < -0.4 is 0 Å². The van der Waals surface area contributed by atoms with Gasteiger partial charge >= 0.3 is 0 Å². The molecule has 1 aromatic carbocycles. The summed E-state index contributed by atoms with van der Waals surface area (Å²) >= 11 is 0. The van der Waals surface area contributed by atoms with Crippen LogP contribution in [0.2, 0.25) is 0 Å². The number of benzene rings is 1. The van der Waals surface area contributed by atoms with Crippen molar-refractivity contribution in [3.8, 4) is 0 Å². The van der Waals surface area contributed by atoms with Gasteiger partial charge in [-0.2, -0.15) is 0 Å². The van der Waals surface area contributed by atoms with Crippen LogP contribution in [-0.2, 0) is 0 Å². The lowest BCUT2D eigenvalue weighted by Gasteiger charge is -1.94. The van der Waals surface area contributed by atoms with Crippen LogP contribution in [0.25, 0.3) is 16.5 Å². The summed E-state index contributed by atoms with van der Waals surface area (Å²) in [7, 11) is 0. The topological polar surface area (TPSA) is 15.8 Å². The second-order valence-electron chi connectivity index (χ2n) is 3.03. The molecule has 0 atom stereocenters. The Morgan fingerprint density at radius 1 is 1.33 bits per heavy atom. The third kappa shape index (κ3) is 0.944. The van der Waals surface area contributed by atoms with Crippen LogP contribution >= 0.6 is 0 Å². The summed E-state index contributed by atoms with van der Waals surface area (Å²) in [6, 6.07) is 8.25. The number of H-pyrrole nitrogens is 1. The van der Waals surface area contributed by atoms with Crippen molar-refractivity contribution in [3.05, 3.63) is 42.6 Å². The van der Waals surface area contributed by atoms with Crippen LogP contribution in [0.3, 0.4) is 0 Å². The van der Waals surface area contributed by atoms with Crippen LogP contribution in [-0.4, -0.2) is 4.98 Å². The summed E-state index contributed by atoms with van der Waals surface area (Å²) in [5.74, 6) is 0. The number of nitrogens with one attached hydrogen (secondary N) is 1. The van der Waals surface area contributed by atoms with E-state index in [2.05, 4.69) is 23.7 Å². The normalized spacial score (nSPS) is 10.4. The molecule has 0 spiro atoms. The summed E-state index contributed by atoms with van der Waals surface area (Å²) in [5.41, 5.74) is 3.49. The van der Waals surface area contributed by atoms with E-state index in [0.29, 0.717) is 0 Å². The van der Waals surface area contributed by atoms with Gasteiger partial charge in [0.15, 0.2) is 0 Å². The van der Waals surface area contributed by atoms with Crippen LogP contribution in [0.15, 0.2) is 37.0 Å². The number of rotatable bonds is 1. The Hall–Kier alpha value is -1.50. The van der Waals surface area contributed by atoms with Gasteiger partial charge in [-0.1, -0.05) is 24.8 Å². The van der Waals surface area contributed by atoms with Gasteiger partial charge in [-0.05, 0) is 18.6 Å². The van der Waals surface area contributed by atoms with Gasteiger partial charge in [-0.15, -0.1) is 0 Å². The van der Waals surface area contributed by atoms with Crippen molar-refractivity contribution in [2.45, 2.75) is 6.92 Å². The van der Waals surface area contributed by atoms with Crippen LogP contribution in [0, 0.1) is 0 Å². The molecule has 0 fully saturated rings. The van der Waals surface area contributed by atoms with E-state index in [4.69, 9.17) is 0 Å². The molecule has 0 saturated heterocycles. The molecule has 60 valence electrons. The molecule has 0 aliphatic carbocycles. The van der Waals surface area contributed by atoms with E-state index in [1.54, 1.807) is 0 Å². The van der Waals surface area contributed by atoms with E-state index in [9.17, 15) is 0 Å². The number of para-hydroxylation sites is 1. The summed E-state index contributed by atoms with van der Waals surface area (Å²) in [4.78, 5) is 3.21. The predicted octanol–water partition coefficient (Wildman–Crippen LogP) is 3.20. The van der Waals surface area contributed by atoms with Crippen molar-refractivity contribution >= 4 is 16.5 Å². The average Bonchev–Trinajstić information content (AvgIpc) is 2.47. The Labute approximate surface area is 71.7 Å². The van der Waals surface area contributed by atoms with Crippen molar-refractivity contribution < 1.29 is 0 Å². The van der Waals surface area contributed by atoms with Crippen molar-refractivity contribution in [3.63, 3.8) is 0 Å². The molecule has 0 radical (unpaired) electrons. The highest BCUT2D eigenvalue weighted by atomic mass is 14.7.